The van der Waals surface area contributed by atoms with Gasteiger partial charge in [0.05, 0.1) is 5.60 Å². The summed E-state index contributed by atoms with van der Waals surface area (Å²) in [5.41, 5.74) is -0.126. The first kappa shape index (κ1) is 12.6. The lowest BCUT2D eigenvalue weighted by atomic mass is 9.79. The average molecular weight is 286 g/mol. The van der Waals surface area contributed by atoms with Gasteiger partial charge in [0.2, 0.25) is 0 Å². The Morgan fingerprint density at radius 3 is 2.00 bits per heavy atom. The molecule has 0 saturated carbocycles. The maximum Gasteiger partial charge on any atom is 0.0917 e. The van der Waals surface area contributed by atoms with Gasteiger partial charge in [0.1, 0.15) is 0 Å². The van der Waals surface area contributed by atoms with Gasteiger partial charge in [-0.3, -0.25) is 4.84 Å². The van der Waals surface area contributed by atoms with Crippen LogP contribution in [0.1, 0.15) is 27.7 Å². The monoisotopic (exact) mass is 286 g/mol. The Hall–Kier alpha value is 0.610. The average Bonchev–Trinajstić information content (AvgIpc) is 1.84. The van der Waals surface area contributed by atoms with Crippen molar-refractivity contribution in [2.45, 2.75) is 33.3 Å². The SMILES string of the molecule is CN(N)OC(C)(C)C(C)(C)CI. The maximum atomic E-state index is 5.50. The van der Waals surface area contributed by atoms with Crippen LogP contribution in [0.4, 0.5) is 0 Å². The largest absolute Gasteiger partial charge is 0.278 e. The molecule has 3 nitrogen and oxygen atoms in total. The van der Waals surface area contributed by atoms with Gasteiger partial charge < -0.3 is 0 Å². The molecule has 0 saturated heterocycles. The van der Waals surface area contributed by atoms with Crippen LogP contribution in [-0.4, -0.2) is 22.2 Å². The number of nitrogens with zero attached hydrogens (tertiary/aromatic N) is 1. The molecule has 0 spiro atoms. The van der Waals surface area contributed by atoms with E-state index in [0.717, 1.165) is 4.43 Å². The van der Waals surface area contributed by atoms with E-state index in [1.54, 1.807) is 7.05 Å². The molecular weight excluding hydrogens is 267 g/mol. The highest BCUT2D eigenvalue weighted by molar-refractivity contribution is 14.1. The third-order valence-electron chi connectivity index (χ3n) is 2.34. The van der Waals surface area contributed by atoms with Crippen LogP contribution < -0.4 is 5.84 Å². The molecule has 0 rings (SSSR count). The molecule has 74 valence electrons. The van der Waals surface area contributed by atoms with E-state index in [1.807, 2.05) is 0 Å². The van der Waals surface area contributed by atoms with Crippen molar-refractivity contribution in [2.24, 2.45) is 11.3 Å². The number of hydrazine groups is 1. The van der Waals surface area contributed by atoms with E-state index in [2.05, 4.69) is 50.3 Å². The molecule has 0 bridgehead atoms. The highest BCUT2D eigenvalue weighted by atomic mass is 127. The zero-order valence-electron chi connectivity index (χ0n) is 8.52. The Morgan fingerprint density at radius 2 is 1.75 bits per heavy atom. The van der Waals surface area contributed by atoms with Crippen LogP contribution in [0, 0.1) is 5.41 Å². The van der Waals surface area contributed by atoms with Crippen molar-refractivity contribution >= 4 is 22.6 Å². The first-order valence-electron chi connectivity index (χ1n) is 3.96. The van der Waals surface area contributed by atoms with Gasteiger partial charge in [-0.05, 0) is 13.8 Å². The highest BCUT2D eigenvalue weighted by Gasteiger charge is 2.38. The molecule has 0 heterocycles. The predicted octanol–water partition coefficient (Wildman–Crippen LogP) is 1.96. The van der Waals surface area contributed by atoms with Crippen molar-refractivity contribution < 1.29 is 4.84 Å². The Kier molecular flexibility index (Phi) is 4.43. The third-order valence-corrected chi connectivity index (χ3v) is 4.24. The number of hydrogen-bond donors (Lipinski definition) is 1. The van der Waals surface area contributed by atoms with Crippen LogP contribution in [0.5, 0.6) is 0 Å². The van der Waals surface area contributed by atoms with Crippen LogP contribution in [0.3, 0.4) is 0 Å². The second kappa shape index (κ2) is 4.21. The van der Waals surface area contributed by atoms with Gasteiger partial charge in [0.25, 0.3) is 0 Å². The zero-order chi connectivity index (χ0) is 9.99. The summed E-state index contributed by atoms with van der Waals surface area (Å²) >= 11 is 2.36. The molecule has 0 aliphatic heterocycles. The lowest BCUT2D eigenvalue weighted by Crippen LogP contribution is -2.48. The van der Waals surface area contributed by atoms with E-state index in [0.29, 0.717) is 0 Å². The van der Waals surface area contributed by atoms with Gasteiger partial charge in [-0.25, -0.2) is 5.84 Å². The van der Waals surface area contributed by atoms with Gasteiger partial charge in [-0.2, -0.15) is 0 Å². The number of hydroxylamine groups is 1. The molecule has 0 radical (unpaired) electrons. The fourth-order valence-corrected chi connectivity index (χ4v) is 1.56. The molecule has 0 aliphatic carbocycles. The predicted molar refractivity (Wildman–Crippen MR) is 59.8 cm³/mol. The smallest absolute Gasteiger partial charge is 0.0917 e. The molecule has 0 aliphatic rings. The van der Waals surface area contributed by atoms with E-state index in [9.17, 15) is 0 Å². The van der Waals surface area contributed by atoms with Crippen molar-refractivity contribution in [3.05, 3.63) is 0 Å². The number of hydrogen-bond acceptors (Lipinski definition) is 3. The second-order valence-corrected chi connectivity index (χ2v) is 4.93. The number of nitrogens with two attached hydrogens (primary N) is 1. The fourth-order valence-electron chi connectivity index (χ4n) is 0.644. The Morgan fingerprint density at radius 1 is 1.33 bits per heavy atom. The third kappa shape index (κ3) is 3.16. The van der Waals surface area contributed by atoms with Gasteiger partial charge in [-0.1, -0.05) is 36.4 Å². The Balaban J connectivity index is 4.37. The van der Waals surface area contributed by atoms with E-state index < -0.39 is 0 Å². The minimum absolute atomic E-state index is 0.112. The first-order valence-corrected chi connectivity index (χ1v) is 5.49. The molecule has 0 atom stereocenters. The zero-order valence-corrected chi connectivity index (χ0v) is 10.7. The van der Waals surface area contributed by atoms with Crippen molar-refractivity contribution in [3.63, 3.8) is 0 Å². The molecule has 0 aromatic heterocycles. The van der Waals surface area contributed by atoms with Gasteiger partial charge >= 0.3 is 0 Å². The summed E-state index contributed by atoms with van der Waals surface area (Å²) in [6.45, 7) is 8.44. The number of rotatable bonds is 4. The topological polar surface area (TPSA) is 38.5 Å². The summed E-state index contributed by atoms with van der Waals surface area (Å²) in [5.74, 6) is 5.44. The second-order valence-electron chi connectivity index (χ2n) is 4.17. The lowest BCUT2D eigenvalue weighted by molar-refractivity contribution is -0.254. The van der Waals surface area contributed by atoms with E-state index in [4.69, 9.17) is 10.7 Å². The minimum Gasteiger partial charge on any atom is -0.278 e. The molecule has 0 unspecified atom stereocenters. The van der Waals surface area contributed by atoms with Crippen LogP contribution in [0.25, 0.3) is 0 Å². The molecule has 0 aromatic rings. The first-order chi connectivity index (χ1) is 5.23. The van der Waals surface area contributed by atoms with Crippen molar-refractivity contribution in [1.29, 1.82) is 0 Å². The molecule has 0 amide bonds. The molecule has 4 heteroatoms. The van der Waals surface area contributed by atoms with Crippen molar-refractivity contribution in [2.75, 3.05) is 11.5 Å². The summed E-state index contributed by atoms with van der Waals surface area (Å²) in [6, 6.07) is 0. The summed E-state index contributed by atoms with van der Waals surface area (Å²) in [6.07, 6.45) is 0. The summed E-state index contributed by atoms with van der Waals surface area (Å²) in [4.78, 5) is 5.50. The normalized spacial score (nSPS) is 14.0. The Labute approximate surface area is 88.7 Å². The molecule has 12 heavy (non-hydrogen) atoms. The molecule has 0 aromatic carbocycles. The van der Waals surface area contributed by atoms with Crippen LogP contribution >= 0.6 is 22.6 Å². The van der Waals surface area contributed by atoms with Gasteiger partial charge in [0.15, 0.2) is 0 Å². The Bertz CT molecular complexity index is 146. The van der Waals surface area contributed by atoms with Crippen LogP contribution in [0.15, 0.2) is 0 Å². The summed E-state index contributed by atoms with van der Waals surface area (Å²) in [5, 5.41) is 1.27. The minimum atomic E-state index is -0.238. The molecular formula is C8H19IN2O. The number of halogens is 1. The fraction of sp³-hybridized carbons (Fsp3) is 1.00. The quantitative estimate of drug-likeness (QED) is 0.371. The van der Waals surface area contributed by atoms with Gasteiger partial charge in [-0.15, -0.1) is 5.17 Å². The summed E-state index contributed by atoms with van der Waals surface area (Å²) < 4.78 is 1.03. The van der Waals surface area contributed by atoms with E-state index in [-0.39, 0.29) is 11.0 Å². The standard InChI is InChI=1S/C8H19IN2O/c1-7(2,6-9)8(3,4)12-11(5)10/h6,10H2,1-5H3. The molecule has 2 N–H and O–H groups in total. The van der Waals surface area contributed by atoms with E-state index in [1.165, 1.54) is 5.17 Å². The maximum absolute atomic E-state index is 5.50. The molecule has 0 fully saturated rings. The van der Waals surface area contributed by atoms with Crippen molar-refractivity contribution in [1.82, 2.24) is 5.17 Å². The van der Waals surface area contributed by atoms with Crippen molar-refractivity contribution in [3.8, 4) is 0 Å². The van der Waals surface area contributed by atoms with Gasteiger partial charge in [0, 0.05) is 16.9 Å². The summed E-state index contributed by atoms with van der Waals surface area (Å²) in [7, 11) is 1.70. The van der Waals surface area contributed by atoms with E-state index >= 15 is 0 Å². The van der Waals surface area contributed by atoms with Crippen LogP contribution in [-0.2, 0) is 4.84 Å². The number of alkyl halides is 1. The lowest BCUT2D eigenvalue weighted by Gasteiger charge is -2.40. The highest BCUT2D eigenvalue weighted by Crippen LogP contribution is 2.35. The van der Waals surface area contributed by atoms with Crippen LogP contribution in [0.2, 0.25) is 0 Å².